The molecule has 0 saturated carbocycles. The molecule has 2 heterocycles. The van der Waals surface area contributed by atoms with Crippen LogP contribution in [0.15, 0.2) is 42.6 Å². The highest BCUT2D eigenvalue weighted by Crippen LogP contribution is 2.33. The van der Waals surface area contributed by atoms with Gasteiger partial charge in [-0.1, -0.05) is 18.2 Å². The lowest BCUT2D eigenvalue weighted by molar-refractivity contribution is 0.247. The summed E-state index contributed by atoms with van der Waals surface area (Å²) in [7, 11) is 0. The summed E-state index contributed by atoms with van der Waals surface area (Å²) in [6, 6.07) is 11.9. The van der Waals surface area contributed by atoms with Crippen LogP contribution in [0.1, 0.15) is 17.2 Å². The lowest BCUT2D eigenvalue weighted by Gasteiger charge is -2.11. The summed E-state index contributed by atoms with van der Waals surface area (Å²) in [4.78, 5) is 4.21. The van der Waals surface area contributed by atoms with Crippen LogP contribution in [-0.4, -0.2) is 18.2 Å². The minimum Gasteiger partial charge on any atom is -0.493 e. The molecule has 4 heteroatoms. The van der Waals surface area contributed by atoms with Gasteiger partial charge in [0.15, 0.2) is 0 Å². The van der Waals surface area contributed by atoms with E-state index in [1.807, 2.05) is 30.3 Å². The molecule has 0 spiro atoms. The molecule has 0 saturated heterocycles. The van der Waals surface area contributed by atoms with Crippen LogP contribution in [0, 0.1) is 0 Å². The second-order valence-corrected chi connectivity index (χ2v) is 4.55. The Hall–Kier alpha value is -2.07. The Morgan fingerprint density at radius 1 is 1.26 bits per heavy atom. The van der Waals surface area contributed by atoms with E-state index in [9.17, 15) is 0 Å². The average molecular weight is 256 g/mol. The molecule has 0 bridgehead atoms. The van der Waals surface area contributed by atoms with Crippen molar-refractivity contribution >= 4 is 0 Å². The monoisotopic (exact) mass is 256 g/mol. The molecular weight excluding hydrogens is 240 g/mol. The predicted molar refractivity (Wildman–Crippen MR) is 72.3 cm³/mol. The summed E-state index contributed by atoms with van der Waals surface area (Å²) in [6.45, 7) is 1.72. The van der Waals surface area contributed by atoms with E-state index < -0.39 is 0 Å². The molecule has 1 unspecified atom stereocenters. The van der Waals surface area contributed by atoms with Crippen LogP contribution in [0.5, 0.6) is 11.5 Å². The third kappa shape index (κ3) is 2.53. The minimum atomic E-state index is 0.283. The van der Waals surface area contributed by atoms with Crippen molar-refractivity contribution < 1.29 is 9.47 Å². The van der Waals surface area contributed by atoms with Gasteiger partial charge in [-0.15, -0.1) is 0 Å². The number of hydrogen-bond acceptors (Lipinski definition) is 4. The number of ether oxygens (including phenoxy) is 2. The Morgan fingerprint density at radius 3 is 2.95 bits per heavy atom. The van der Waals surface area contributed by atoms with Gasteiger partial charge < -0.3 is 15.2 Å². The normalized spacial score (nSPS) is 16.8. The molecule has 2 N–H and O–H groups in total. The number of rotatable bonds is 4. The Balaban J connectivity index is 1.64. The standard InChI is InChI=1S/C15H16N2O2/c16-7-12-5-6-13(8-17-12)18-9-11-10-19-15-4-2-1-3-14(11)15/h1-6,8,11H,7,9-10,16H2. The van der Waals surface area contributed by atoms with E-state index in [0.29, 0.717) is 19.8 Å². The van der Waals surface area contributed by atoms with E-state index >= 15 is 0 Å². The molecule has 0 aliphatic carbocycles. The van der Waals surface area contributed by atoms with Crippen molar-refractivity contribution in [3.63, 3.8) is 0 Å². The van der Waals surface area contributed by atoms with Crippen molar-refractivity contribution in [3.05, 3.63) is 53.9 Å². The van der Waals surface area contributed by atoms with Gasteiger partial charge in [0.2, 0.25) is 0 Å². The molecule has 1 aromatic carbocycles. The first-order valence-corrected chi connectivity index (χ1v) is 6.36. The summed E-state index contributed by atoms with van der Waals surface area (Å²) in [6.07, 6.45) is 1.71. The Morgan fingerprint density at radius 2 is 2.16 bits per heavy atom. The maximum Gasteiger partial charge on any atom is 0.137 e. The summed E-state index contributed by atoms with van der Waals surface area (Å²) in [5, 5.41) is 0. The van der Waals surface area contributed by atoms with Crippen molar-refractivity contribution in [2.45, 2.75) is 12.5 Å². The van der Waals surface area contributed by atoms with Crippen LogP contribution in [0.4, 0.5) is 0 Å². The third-order valence-electron chi connectivity index (χ3n) is 3.26. The number of fused-ring (bicyclic) bond motifs is 1. The summed E-state index contributed by atoms with van der Waals surface area (Å²) in [5.74, 6) is 2.01. The molecule has 4 nitrogen and oxygen atoms in total. The topological polar surface area (TPSA) is 57.4 Å². The fourth-order valence-corrected chi connectivity index (χ4v) is 2.18. The molecule has 0 fully saturated rings. The van der Waals surface area contributed by atoms with E-state index in [1.165, 1.54) is 5.56 Å². The molecule has 1 aliphatic rings. The van der Waals surface area contributed by atoms with Crippen LogP contribution in [0.3, 0.4) is 0 Å². The Kier molecular flexibility index (Phi) is 3.33. The van der Waals surface area contributed by atoms with Crippen molar-refractivity contribution in [1.29, 1.82) is 0 Å². The van der Waals surface area contributed by atoms with E-state index in [0.717, 1.165) is 17.2 Å². The lowest BCUT2D eigenvalue weighted by atomic mass is 10.0. The van der Waals surface area contributed by atoms with Gasteiger partial charge in [-0.3, -0.25) is 4.98 Å². The van der Waals surface area contributed by atoms with Gasteiger partial charge in [0.05, 0.1) is 31.0 Å². The van der Waals surface area contributed by atoms with Crippen LogP contribution in [0.2, 0.25) is 0 Å². The van der Waals surface area contributed by atoms with Gasteiger partial charge in [-0.2, -0.15) is 0 Å². The van der Waals surface area contributed by atoms with Crippen LogP contribution < -0.4 is 15.2 Å². The first kappa shape index (κ1) is 12.0. The van der Waals surface area contributed by atoms with Crippen molar-refractivity contribution in [1.82, 2.24) is 4.98 Å². The maximum absolute atomic E-state index is 5.76. The van der Waals surface area contributed by atoms with E-state index in [-0.39, 0.29) is 5.92 Å². The molecular formula is C15H16N2O2. The third-order valence-corrected chi connectivity index (χ3v) is 3.26. The van der Waals surface area contributed by atoms with Gasteiger partial charge in [0.25, 0.3) is 0 Å². The zero-order chi connectivity index (χ0) is 13.1. The fraction of sp³-hybridized carbons (Fsp3) is 0.267. The molecule has 2 aromatic rings. The number of hydrogen-bond donors (Lipinski definition) is 1. The molecule has 0 amide bonds. The second kappa shape index (κ2) is 5.28. The highest BCUT2D eigenvalue weighted by Gasteiger charge is 2.24. The highest BCUT2D eigenvalue weighted by atomic mass is 16.5. The molecule has 0 radical (unpaired) electrons. The van der Waals surface area contributed by atoms with Gasteiger partial charge in [0.1, 0.15) is 11.5 Å². The van der Waals surface area contributed by atoms with Crippen LogP contribution in [0.25, 0.3) is 0 Å². The number of benzene rings is 1. The van der Waals surface area contributed by atoms with Crippen molar-refractivity contribution in [2.75, 3.05) is 13.2 Å². The first-order chi connectivity index (χ1) is 9.36. The van der Waals surface area contributed by atoms with Crippen molar-refractivity contribution in [3.8, 4) is 11.5 Å². The molecule has 3 rings (SSSR count). The minimum absolute atomic E-state index is 0.283. The summed E-state index contributed by atoms with van der Waals surface area (Å²) in [5.41, 5.74) is 7.59. The zero-order valence-electron chi connectivity index (χ0n) is 10.6. The molecule has 1 atom stereocenters. The molecule has 1 aromatic heterocycles. The van der Waals surface area contributed by atoms with Gasteiger partial charge >= 0.3 is 0 Å². The summed E-state index contributed by atoms with van der Waals surface area (Å²) < 4.78 is 11.4. The fourth-order valence-electron chi connectivity index (χ4n) is 2.18. The smallest absolute Gasteiger partial charge is 0.137 e. The van der Waals surface area contributed by atoms with E-state index in [1.54, 1.807) is 6.20 Å². The average Bonchev–Trinajstić information content (AvgIpc) is 2.89. The number of aromatic nitrogens is 1. The first-order valence-electron chi connectivity index (χ1n) is 6.36. The molecule has 98 valence electrons. The number of nitrogens with two attached hydrogens (primary N) is 1. The predicted octanol–water partition coefficient (Wildman–Crippen LogP) is 2.10. The van der Waals surface area contributed by atoms with Gasteiger partial charge in [-0.25, -0.2) is 0 Å². The zero-order valence-corrected chi connectivity index (χ0v) is 10.6. The maximum atomic E-state index is 5.76. The van der Waals surface area contributed by atoms with E-state index in [2.05, 4.69) is 11.1 Å². The molecule has 19 heavy (non-hydrogen) atoms. The van der Waals surface area contributed by atoms with Gasteiger partial charge in [0, 0.05) is 12.1 Å². The quantitative estimate of drug-likeness (QED) is 0.910. The lowest BCUT2D eigenvalue weighted by Crippen LogP contribution is -2.12. The Bertz CT molecular complexity index is 554. The highest BCUT2D eigenvalue weighted by molar-refractivity contribution is 5.39. The Labute approximate surface area is 112 Å². The van der Waals surface area contributed by atoms with Crippen LogP contribution in [-0.2, 0) is 6.54 Å². The van der Waals surface area contributed by atoms with Crippen molar-refractivity contribution in [2.24, 2.45) is 5.73 Å². The second-order valence-electron chi connectivity index (χ2n) is 4.55. The van der Waals surface area contributed by atoms with Gasteiger partial charge in [-0.05, 0) is 18.2 Å². The SMILES string of the molecule is NCc1ccc(OCC2COc3ccccc32)cn1. The number of para-hydroxylation sites is 1. The number of nitrogens with zero attached hydrogens (tertiary/aromatic N) is 1. The van der Waals surface area contributed by atoms with E-state index in [4.69, 9.17) is 15.2 Å². The number of pyridine rings is 1. The largest absolute Gasteiger partial charge is 0.493 e. The molecule has 1 aliphatic heterocycles. The van der Waals surface area contributed by atoms with Crippen LogP contribution >= 0.6 is 0 Å². The summed E-state index contributed by atoms with van der Waals surface area (Å²) >= 11 is 0.